The summed E-state index contributed by atoms with van der Waals surface area (Å²) >= 11 is 1.46. The molecule has 6 heteroatoms. The van der Waals surface area contributed by atoms with Crippen LogP contribution < -0.4 is 4.90 Å². The Bertz CT molecular complexity index is 1460. The van der Waals surface area contributed by atoms with Gasteiger partial charge in [-0.2, -0.15) is 0 Å². The molecule has 0 saturated heterocycles. The molecule has 5 nitrogen and oxygen atoms in total. The molecule has 1 heterocycles. The van der Waals surface area contributed by atoms with Gasteiger partial charge in [-0.05, 0) is 29.7 Å². The first-order valence-electron chi connectivity index (χ1n) is 11.1. The molecule has 0 fully saturated rings. The van der Waals surface area contributed by atoms with E-state index in [4.69, 9.17) is 4.98 Å². The normalized spacial score (nSPS) is 11.4. The van der Waals surface area contributed by atoms with Crippen LogP contribution in [0.4, 0.5) is 11.4 Å². The highest BCUT2D eigenvalue weighted by Gasteiger charge is 2.25. The molecular formula is C28H20N4OS. The predicted octanol–water partition coefficient (Wildman–Crippen LogP) is 6.52. The van der Waals surface area contributed by atoms with Gasteiger partial charge < -0.3 is 0 Å². The van der Waals surface area contributed by atoms with E-state index in [2.05, 4.69) is 34.5 Å². The van der Waals surface area contributed by atoms with Gasteiger partial charge in [0.2, 0.25) is 11.1 Å². The van der Waals surface area contributed by atoms with Crippen molar-refractivity contribution in [1.29, 1.82) is 0 Å². The fraction of sp³-hybridized carbons (Fsp3) is 0.0714. The van der Waals surface area contributed by atoms with Crippen LogP contribution in [0.25, 0.3) is 33.3 Å². The summed E-state index contributed by atoms with van der Waals surface area (Å²) in [5, 5.41) is 11.8. The number of carbonyl (C=O) groups excluding carboxylic acids is 1. The Morgan fingerprint density at radius 1 is 0.706 bits per heavy atom. The van der Waals surface area contributed by atoms with Gasteiger partial charge in [0.15, 0.2) is 0 Å². The van der Waals surface area contributed by atoms with Gasteiger partial charge >= 0.3 is 0 Å². The lowest BCUT2D eigenvalue weighted by Crippen LogP contribution is -2.26. The highest BCUT2D eigenvalue weighted by atomic mass is 32.2. The number of aromatic nitrogens is 3. The summed E-state index contributed by atoms with van der Waals surface area (Å²) in [6.07, 6.45) is 0.352. The third-order valence-electron chi connectivity index (χ3n) is 5.91. The summed E-state index contributed by atoms with van der Waals surface area (Å²) in [5.74, 6) is 0.586. The van der Waals surface area contributed by atoms with Crippen molar-refractivity contribution in [2.24, 2.45) is 0 Å². The number of para-hydroxylation sites is 2. The van der Waals surface area contributed by atoms with Crippen LogP contribution in [-0.2, 0) is 4.79 Å². The second kappa shape index (κ2) is 8.72. The van der Waals surface area contributed by atoms with E-state index >= 15 is 0 Å². The molecule has 164 valence electrons. The van der Waals surface area contributed by atoms with Gasteiger partial charge in [0.25, 0.3) is 0 Å². The van der Waals surface area contributed by atoms with Crippen LogP contribution in [0.2, 0.25) is 0 Å². The SMILES string of the molecule is O=C(CCSc1nnc2c(n1)-c1cccc3cccc-2c13)N(c1ccccc1)c1ccccc1. The average molecular weight is 461 g/mol. The van der Waals surface area contributed by atoms with Crippen LogP contribution in [0, 0.1) is 0 Å². The zero-order valence-corrected chi connectivity index (χ0v) is 19.1. The van der Waals surface area contributed by atoms with E-state index in [0.717, 1.165) is 33.9 Å². The average Bonchev–Trinajstić information content (AvgIpc) is 3.21. The van der Waals surface area contributed by atoms with E-state index in [1.807, 2.05) is 72.8 Å². The van der Waals surface area contributed by atoms with Crippen molar-refractivity contribution in [3.05, 3.63) is 97.1 Å². The Hall–Kier alpha value is -4.03. The molecule has 0 bridgehead atoms. The predicted molar refractivity (Wildman–Crippen MR) is 137 cm³/mol. The van der Waals surface area contributed by atoms with E-state index in [9.17, 15) is 4.79 Å². The van der Waals surface area contributed by atoms with E-state index in [0.29, 0.717) is 17.3 Å². The van der Waals surface area contributed by atoms with Crippen LogP contribution in [0.3, 0.4) is 0 Å². The maximum absolute atomic E-state index is 13.3. The fourth-order valence-corrected chi connectivity index (χ4v) is 5.12. The third-order valence-corrected chi connectivity index (χ3v) is 6.75. The zero-order valence-electron chi connectivity index (χ0n) is 18.3. The lowest BCUT2D eigenvalue weighted by molar-refractivity contribution is -0.117. The molecule has 0 aliphatic heterocycles. The zero-order chi connectivity index (χ0) is 22.9. The van der Waals surface area contributed by atoms with Crippen molar-refractivity contribution in [3.63, 3.8) is 0 Å². The molecule has 34 heavy (non-hydrogen) atoms. The lowest BCUT2D eigenvalue weighted by atomic mass is 10.0. The first-order valence-corrected chi connectivity index (χ1v) is 12.1. The second-order valence-corrected chi connectivity index (χ2v) is 9.06. The summed E-state index contributed by atoms with van der Waals surface area (Å²) in [7, 11) is 0. The van der Waals surface area contributed by atoms with Crippen molar-refractivity contribution in [3.8, 4) is 22.5 Å². The standard InChI is InChI=1S/C28H20N4OS/c33-24(32(20-11-3-1-4-12-20)21-13-5-2-6-14-21)17-18-34-28-29-26-22-15-7-9-19-10-8-16-23(25(19)22)27(26)30-31-28/h1-16H,17-18H2. The lowest BCUT2D eigenvalue weighted by Gasteiger charge is -2.23. The first kappa shape index (κ1) is 20.6. The molecule has 1 aliphatic carbocycles. The molecule has 0 atom stereocenters. The maximum Gasteiger partial charge on any atom is 0.232 e. The molecule has 0 radical (unpaired) electrons. The van der Waals surface area contributed by atoms with Gasteiger partial charge in [0, 0.05) is 40.1 Å². The first-order chi connectivity index (χ1) is 16.8. The van der Waals surface area contributed by atoms with Crippen LogP contribution in [0.5, 0.6) is 0 Å². The van der Waals surface area contributed by atoms with Crippen LogP contribution in [0.15, 0.2) is 102 Å². The Morgan fingerprint density at radius 3 is 1.97 bits per heavy atom. The summed E-state index contributed by atoms with van der Waals surface area (Å²) in [5.41, 5.74) is 5.57. The summed E-state index contributed by atoms with van der Waals surface area (Å²) in [6, 6.07) is 31.9. The largest absolute Gasteiger partial charge is 0.281 e. The van der Waals surface area contributed by atoms with E-state index in [1.54, 1.807) is 4.90 Å². The molecule has 6 rings (SSSR count). The number of anilines is 2. The highest BCUT2D eigenvalue weighted by Crippen LogP contribution is 2.44. The smallest absolute Gasteiger partial charge is 0.232 e. The number of carbonyl (C=O) groups is 1. The number of hydrogen-bond acceptors (Lipinski definition) is 5. The number of fused-ring (bicyclic) bond motifs is 3. The van der Waals surface area contributed by atoms with Crippen LogP contribution in [0.1, 0.15) is 6.42 Å². The Balaban J connectivity index is 1.21. The molecule has 4 aromatic carbocycles. The van der Waals surface area contributed by atoms with Crippen LogP contribution >= 0.6 is 11.8 Å². The molecule has 0 N–H and O–H groups in total. The van der Waals surface area contributed by atoms with Crippen molar-refractivity contribution < 1.29 is 4.79 Å². The van der Waals surface area contributed by atoms with Crippen molar-refractivity contribution in [2.75, 3.05) is 10.7 Å². The molecule has 1 aromatic heterocycles. The minimum Gasteiger partial charge on any atom is -0.281 e. The monoisotopic (exact) mass is 460 g/mol. The van der Waals surface area contributed by atoms with Gasteiger partial charge in [-0.3, -0.25) is 9.69 Å². The highest BCUT2D eigenvalue weighted by molar-refractivity contribution is 7.99. The van der Waals surface area contributed by atoms with Gasteiger partial charge in [-0.15, -0.1) is 10.2 Å². The Labute approximate surface area is 201 Å². The number of amides is 1. The minimum absolute atomic E-state index is 0.0243. The quantitative estimate of drug-likeness (QED) is 0.265. The van der Waals surface area contributed by atoms with Gasteiger partial charge in [-0.25, -0.2) is 4.98 Å². The summed E-state index contributed by atoms with van der Waals surface area (Å²) in [6.45, 7) is 0. The molecule has 0 unspecified atom stereocenters. The Morgan fingerprint density at radius 2 is 1.32 bits per heavy atom. The van der Waals surface area contributed by atoms with Crippen molar-refractivity contribution in [1.82, 2.24) is 15.2 Å². The topological polar surface area (TPSA) is 59.0 Å². The van der Waals surface area contributed by atoms with Crippen molar-refractivity contribution >= 4 is 39.8 Å². The molecule has 1 aliphatic rings. The fourth-order valence-electron chi connectivity index (χ4n) is 4.41. The molecule has 0 saturated carbocycles. The second-order valence-electron chi connectivity index (χ2n) is 8.00. The van der Waals surface area contributed by atoms with Gasteiger partial charge in [0.1, 0.15) is 11.4 Å². The number of hydrogen-bond donors (Lipinski definition) is 0. The Kier molecular flexibility index (Phi) is 5.28. The number of nitrogens with zero attached hydrogens (tertiary/aromatic N) is 4. The minimum atomic E-state index is 0.0243. The number of thioether (sulfide) groups is 1. The molecule has 5 aromatic rings. The van der Waals surface area contributed by atoms with Gasteiger partial charge in [-0.1, -0.05) is 84.6 Å². The van der Waals surface area contributed by atoms with E-state index in [-0.39, 0.29) is 5.91 Å². The third kappa shape index (κ3) is 3.62. The van der Waals surface area contributed by atoms with E-state index < -0.39 is 0 Å². The molecular weight excluding hydrogens is 440 g/mol. The van der Waals surface area contributed by atoms with Crippen molar-refractivity contribution in [2.45, 2.75) is 11.6 Å². The maximum atomic E-state index is 13.3. The summed E-state index contributed by atoms with van der Waals surface area (Å²) in [4.78, 5) is 19.8. The molecule has 0 spiro atoms. The number of rotatable bonds is 6. The summed E-state index contributed by atoms with van der Waals surface area (Å²) < 4.78 is 0. The van der Waals surface area contributed by atoms with Gasteiger partial charge in [0.05, 0.1) is 0 Å². The number of benzene rings is 4. The molecule has 1 amide bonds. The van der Waals surface area contributed by atoms with Crippen LogP contribution in [-0.4, -0.2) is 26.8 Å². The van der Waals surface area contributed by atoms with E-state index in [1.165, 1.54) is 22.5 Å².